The van der Waals surface area contributed by atoms with Crippen LogP contribution in [0.15, 0.2) is 11.3 Å². The highest BCUT2D eigenvalue weighted by atomic mass is 35.9. The third kappa shape index (κ3) is 5.70. The molecular formula is C3H3Cl4O2P. The molecule has 0 heterocycles. The maximum absolute atomic E-state index is 10.5. The van der Waals surface area contributed by atoms with Gasteiger partial charge in [0.05, 0.1) is 5.88 Å². The number of hydrogen-bond acceptors (Lipinski definition) is 2. The number of halogens is 4. The average Bonchev–Trinajstić information content (AvgIpc) is 1.81. The number of hydrogen-bond donors (Lipinski definition) is 0. The van der Waals surface area contributed by atoms with Crippen LogP contribution in [0.5, 0.6) is 0 Å². The van der Waals surface area contributed by atoms with Crippen molar-refractivity contribution >= 4 is 51.8 Å². The normalized spacial score (nSPS) is 13.4. The van der Waals surface area contributed by atoms with Crippen molar-refractivity contribution in [1.82, 2.24) is 0 Å². The molecule has 0 aromatic rings. The molecule has 0 aliphatic heterocycles. The Morgan fingerprint density at radius 3 is 2.20 bits per heavy atom. The van der Waals surface area contributed by atoms with Gasteiger partial charge in [-0.1, -0.05) is 11.6 Å². The molecule has 0 radical (unpaired) electrons. The SMILES string of the molecule is O=P(Cl)(Cl)OC(=CCl)CCl. The summed E-state index contributed by atoms with van der Waals surface area (Å²) in [6.45, 7) is 0. The molecule has 0 aliphatic rings. The van der Waals surface area contributed by atoms with Crippen LogP contribution in [-0.4, -0.2) is 5.88 Å². The van der Waals surface area contributed by atoms with Crippen molar-refractivity contribution in [3.8, 4) is 0 Å². The predicted octanol–water partition coefficient (Wildman–Crippen LogP) is 3.91. The highest BCUT2D eigenvalue weighted by Gasteiger charge is 2.16. The van der Waals surface area contributed by atoms with E-state index in [0.29, 0.717) is 0 Å². The van der Waals surface area contributed by atoms with Crippen LogP contribution in [0.2, 0.25) is 0 Å². The fourth-order valence-electron chi connectivity index (χ4n) is 0.210. The lowest BCUT2D eigenvalue weighted by molar-refractivity contribution is 0.435. The third-order valence-corrected chi connectivity index (χ3v) is 1.84. The lowest BCUT2D eigenvalue weighted by Crippen LogP contribution is -1.84. The molecule has 0 saturated heterocycles. The van der Waals surface area contributed by atoms with Gasteiger partial charge in [0.2, 0.25) is 0 Å². The Bertz CT molecular complexity index is 173. The highest BCUT2D eigenvalue weighted by Crippen LogP contribution is 2.59. The van der Waals surface area contributed by atoms with Crippen molar-refractivity contribution in [2.24, 2.45) is 0 Å². The number of alkyl halides is 1. The van der Waals surface area contributed by atoms with Gasteiger partial charge in [-0.2, -0.15) is 0 Å². The lowest BCUT2D eigenvalue weighted by atomic mass is 10.7. The molecule has 0 fully saturated rings. The maximum atomic E-state index is 10.5. The monoisotopic (exact) mass is 242 g/mol. The van der Waals surface area contributed by atoms with Gasteiger partial charge in [-0.15, -0.1) is 11.6 Å². The Kier molecular flexibility index (Phi) is 5.18. The first kappa shape index (κ1) is 10.9. The van der Waals surface area contributed by atoms with E-state index in [9.17, 15) is 4.57 Å². The Hall–Kier alpha value is 0.930. The van der Waals surface area contributed by atoms with Crippen molar-refractivity contribution in [2.75, 3.05) is 5.88 Å². The van der Waals surface area contributed by atoms with E-state index < -0.39 is 6.07 Å². The van der Waals surface area contributed by atoms with Crippen molar-refractivity contribution in [3.05, 3.63) is 11.3 Å². The summed E-state index contributed by atoms with van der Waals surface area (Å²) in [4.78, 5) is 0. The van der Waals surface area contributed by atoms with Crippen LogP contribution < -0.4 is 0 Å². The van der Waals surface area contributed by atoms with E-state index in [-0.39, 0.29) is 11.6 Å². The smallest absolute Gasteiger partial charge is 0.425 e. The molecule has 0 unspecified atom stereocenters. The second-order valence-electron chi connectivity index (χ2n) is 1.21. The van der Waals surface area contributed by atoms with Crippen molar-refractivity contribution in [3.63, 3.8) is 0 Å². The maximum Gasteiger partial charge on any atom is 0.427 e. The van der Waals surface area contributed by atoms with Gasteiger partial charge in [0.15, 0.2) is 0 Å². The molecular weight excluding hydrogens is 241 g/mol. The first-order valence-electron chi connectivity index (χ1n) is 2.04. The molecule has 0 saturated carbocycles. The molecule has 0 amide bonds. The minimum absolute atomic E-state index is 0.0209. The summed E-state index contributed by atoms with van der Waals surface area (Å²) in [5.74, 6) is 0.0593. The van der Waals surface area contributed by atoms with Crippen LogP contribution in [0.4, 0.5) is 0 Å². The predicted molar refractivity (Wildman–Crippen MR) is 45.1 cm³/mol. The lowest BCUT2D eigenvalue weighted by Gasteiger charge is -2.05. The molecule has 0 rings (SSSR count). The van der Waals surface area contributed by atoms with Crippen LogP contribution in [-0.2, 0) is 9.09 Å². The molecule has 0 bridgehead atoms. The van der Waals surface area contributed by atoms with E-state index in [0.717, 1.165) is 5.54 Å². The molecule has 0 spiro atoms. The molecule has 0 aliphatic carbocycles. The van der Waals surface area contributed by atoms with Gasteiger partial charge in [0.1, 0.15) is 5.76 Å². The van der Waals surface area contributed by atoms with E-state index in [1.807, 2.05) is 0 Å². The summed E-state index contributed by atoms with van der Waals surface area (Å²) in [5.41, 5.74) is 1.02. The topological polar surface area (TPSA) is 26.3 Å². The second-order valence-corrected chi connectivity index (χ2v) is 5.90. The zero-order chi connectivity index (χ0) is 8.20. The number of rotatable bonds is 3. The summed E-state index contributed by atoms with van der Waals surface area (Å²) in [6, 6.07) is 0. The molecule has 7 heteroatoms. The van der Waals surface area contributed by atoms with Gasteiger partial charge in [0, 0.05) is 28.0 Å². The third-order valence-electron chi connectivity index (χ3n) is 0.477. The molecule has 60 valence electrons. The molecule has 10 heavy (non-hydrogen) atoms. The van der Waals surface area contributed by atoms with Gasteiger partial charge in [-0.25, -0.2) is 4.57 Å². The first-order chi connectivity index (χ1) is 4.49. The zero-order valence-electron chi connectivity index (χ0n) is 4.56. The Morgan fingerprint density at radius 2 is 2.10 bits per heavy atom. The summed E-state index contributed by atoms with van der Waals surface area (Å²) in [7, 11) is 0. The summed E-state index contributed by atoms with van der Waals surface area (Å²) in [5, 5.41) is 0. The van der Waals surface area contributed by atoms with Crippen LogP contribution >= 0.6 is 51.8 Å². The summed E-state index contributed by atoms with van der Waals surface area (Å²) < 4.78 is 14.9. The fourth-order valence-corrected chi connectivity index (χ4v) is 1.60. The van der Waals surface area contributed by atoms with E-state index in [1.54, 1.807) is 0 Å². The van der Waals surface area contributed by atoms with Crippen molar-refractivity contribution in [2.45, 2.75) is 0 Å². The molecule has 0 aromatic heterocycles. The van der Waals surface area contributed by atoms with Crippen LogP contribution in [0.3, 0.4) is 0 Å². The van der Waals surface area contributed by atoms with Gasteiger partial charge in [-0.3, -0.25) is 0 Å². The largest absolute Gasteiger partial charge is 0.427 e. The van der Waals surface area contributed by atoms with Gasteiger partial charge < -0.3 is 4.52 Å². The zero-order valence-corrected chi connectivity index (χ0v) is 8.48. The minimum atomic E-state index is -3.55. The Morgan fingerprint density at radius 1 is 1.60 bits per heavy atom. The van der Waals surface area contributed by atoms with Gasteiger partial charge in [0.25, 0.3) is 0 Å². The van der Waals surface area contributed by atoms with Gasteiger partial charge in [-0.05, 0) is 0 Å². The minimum Gasteiger partial charge on any atom is -0.425 e. The fraction of sp³-hybridized carbons (Fsp3) is 0.333. The van der Waals surface area contributed by atoms with E-state index in [2.05, 4.69) is 4.52 Å². The summed E-state index contributed by atoms with van der Waals surface area (Å²) >= 11 is 20.5. The summed E-state index contributed by atoms with van der Waals surface area (Å²) in [6.07, 6.45) is -3.55. The van der Waals surface area contributed by atoms with Crippen LogP contribution in [0.25, 0.3) is 0 Å². The van der Waals surface area contributed by atoms with E-state index in [4.69, 9.17) is 45.7 Å². The van der Waals surface area contributed by atoms with Crippen LogP contribution in [0, 0.1) is 0 Å². The molecule has 2 nitrogen and oxygen atoms in total. The van der Waals surface area contributed by atoms with Gasteiger partial charge >= 0.3 is 6.07 Å². The standard InChI is InChI=1S/C3H3Cl4O2P/c4-1-3(2-5)9-10(6,7)8/h1H,2H2. The second kappa shape index (κ2) is 4.74. The Balaban J connectivity index is 4.02. The van der Waals surface area contributed by atoms with E-state index in [1.165, 1.54) is 0 Å². The highest BCUT2D eigenvalue weighted by molar-refractivity contribution is 8.05. The first-order valence-corrected chi connectivity index (χ1v) is 6.44. The molecule has 0 aromatic carbocycles. The van der Waals surface area contributed by atoms with Crippen molar-refractivity contribution in [1.29, 1.82) is 0 Å². The molecule has 0 N–H and O–H groups in total. The molecule has 0 atom stereocenters. The average molecular weight is 244 g/mol. The van der Waals surface area contributed by atoms with Crippen molar-refractivity contribution < 1.29 is 9.09 Å². The Labute approximate surface area is 78.1 Å². The number of allylic oxidation sites excluding steroid dienone is 1. The quantitative estimate of drug-likeness (QED) is 0.427. The van der Waals surface area contributed by atoms with Crippen LogP contribution in [0.1, 0.15) is 0 Å². The van der Waals surface area contributed by atoms with E-state index >= 15 is 0 Å².